The van der Waals surface area contributed by atoms with E-state index in [1.54, 1.807) is 26.3 Å². The first kappa shape index (κ1) is 15.5. The van der Waals surface area contributed by atoms with E-state index >= 15 is 0 Å². The number of hydrogen-bond donors (Lipinski definition) is 1. The molecule has 1 atom stereocenters. The summed E-state index contributed by atoms with van der Waals surface area (Å²) in [4.78, 5) is 11.8. The Hall–Kier alpha value is -1.84. The number of ether oxygens (including phenoxy) is 1. The SMILES string of the molecule is CNC(=O)c1cc(-c2cccc(C(C)OC)c2)ccc1Cl. The summed E-state index contributed by atoms with van der Waals surface area (Å²) in [5.74, 6) is -0.191. The summed E-state index contributed by atoms with van der Waals surface area (Å²) >= 11 is 6.08. The molecule has 110 valence electrons. The number of methoxy groups -OCH3 is 1. The molecule has 4 heteroatoms. The third kappa shape index (κ3) is 3.43. The van der Waals surface area contributed by atoms with Gasteiger partial charge in [-0.1, -0.05) is 35.9 Å². The third-order valence-corrected chi connectivity index (χ3v) is 3.81. The largest absolute Gasteiger partial charge is 0.377 e. The van der Waals surface area contributed by atoms with Gasteiger partial charge in [-0.2, -0.15) is 0 Å². The molecule has 0 aromatic heterocycles. The molecule has 0 saturated carbocycles. The number of carbonyl (C=O) groups excluding carboxylic acids is 1. The number of hydrogen-bond acceptors (Lipinski definition) is 2. The predicted octanol–water partition coefficient (Wildman–Crippen LogP) is 4.07. The Morgan fingerprint density at radius 3 is 2.57 bits per heavy atom. The van der Waals surface area contributed by atoms with Gasteiger partial charge in [0.05, 0.1) is 16.7 Å². The van der Waals surface area contributed by atoms with Crippen molar-refractivity contribution in [2.75, 3.05) is 14.2 Å². The Morgan fingerprint density at radius 1 is 1.19 bits per heavy atom. The summed E-state index contributed by atoms with van der Waals surface area (Å²) in [6.45, 7) is 2.00. The summed E-state index contributed by atoms with van der Waals surface area (Å²) in [6, 6.07) is 13.5. The normalized spacial score (nSPS) is 12.0. The Balaban J connectivity index is 2.45. The molecule has 21 heavy (non-hydrogen) atoms. The number of benzene rings is 2. The Morgan fingerprint density at radius 2 is 1.90 bits per heavy atom. The van der Waals surface area contributed by atoms with E-state index in [2.05, 4.69) is 11.4 Å². The minimum absolute atomic E-state index is 0.0238. The maximum atomic E-state index is 11.8. The van der Waals surface area contributed by atoms with Gasteiger partial charge in [-0.25, -0.2) is 0 Å². The van der Waals surface area contributed by atoms with Crippen LogP contribution >= 0.6 is 11.6 Å². The number of nitrogens with one attached hydrogen (secondary N) is 1. The van der Waals surface area contributed by atoms with Crippen molar-refractivity contribution in [2.24, 2.45) is 0 Å². The summed E-state index contributed by atoms with van der Waals surface area (Å²) in [5, 5.41) is 3.04. The monoisotopic (exact) mass is 303 g/mol. The smallest absolute Gasteiger partial charge is 0.252 e. The van der Waals surface area contributed by atoms with Crippen molar-refractivity contribution in [3.63, 3.8) is 0 Å². The van der Waals surface area contributed by atoms with Crippen molar-refractivity contribution in [3.8, 4) is 11.1 Å². The molecule has 0 bridgehead atoms. The van der Waals surface area contributed by atoms with E-state index in [4.69, 9.17) is 16.3 Å². The lowest BCUT2D eigenvalue weighted by Crippen LogP contribution is -2.18. The van der Waals surface area contributed by atoms with E-state index in [1.165, 1.54) is 0 Å². The quantitative estimate of drug-likeness (QED) is 0.924. The summed E-state index contributed by atoms with van der Waals surface area (Å²) in [6.07, 6.45) is 0.0238. The zero-order valence-electron chi connectivity index (χ0n) is 12.3. The van der Waals surface area contributed by atoms with Crippen LogP contribution in [0.1, 0.15) is 28.9 Å². The van der Waals surface area contributed by atoms with Crippen molar-refractivity contribution >= 4 is 17.5 Å². The third-order valence-electron chi connectivity index (χ3n) is 3.48. The van der Waals surface area contributed by atoms with Crippen molar-refractivity contribution in [1.29, 1.82) is 0 Å². The van der Waals surface area contributed by atoms with Crippen LogP contribution in [0, 0.1) is 0 Å². The highest BCUT2D eigenvalue weighted by Crippen LogP contribution is 2.28. The van der Waals surface area contributed by atoms with E-state index in [0.29, 0.717) is 10.6 Å². The van der Waals surface area contributed by atoms with Gasteiger partial charge in [0.15, 0.2) is 0 Å². The molecule has 0 spiro atoms. The van der Waals surface area contributed by atoms with E-state index < -0.39 is 0 Å². The average molecular weight is 304 g/mol. The number of carbonyl (C=O) groups is 1. The Bertz CT molecular complexity index is 655. The molecule has 0 aliphatic heterocycles. The van der Waals surface area contributed by atoms with Crippen LogP contribution in [0.3, 0.4) is 0 Å². The molecular weight excluding hydrogens is 286 g/mol. The lowest BCUT2D eigenvalue weighted by molar-refractivity contribution is 0.0963. The van der Waals surface area contributed by atoms with Crippen LogP contribution in [-0.4, -0.2) is 20.1 Å². The minimum atomic E-state index is -0.191. The van der Waals surface area contributed by atoms with Gasteiger partial charge in [0.25, 0.3) is 5.91 Å². The first-order valence-electron chi connectivity index (χ1n) is 6.71. The van der Waals surface area contributed by atoms with E-state index in [0.717, 1.165) is 16.7 Å². The van der Waals surface area contributed by atoms with E-state index in [-0.39, 0.29) is 12.0 Å². The van der Waals surface area contributed by atoms with Gasteiger partial charge in [-0.3, -0.25) is 4.79 Å². The maximum Gasteiger partial charge on any atom is 0.252 e. The molecular formula is C17H18ClNO2. The van der Waals surface area contributed by atoms with Crippen molar-refractivity contribution in [1.82, 2.24) is 5.32 Å². The molecule has 1 unspecified atom stereocenters. The van der Waals surface area contributed by atoms with Crippen LogP contribution in [0.15, 0.2) is 42.5 Å². The molecule has 0 heterocycles. The van der Waals surface area contributed by atoms with Crippen molar-refractivity contribution in [3.05, 3.63) is 58.6 Å². The summed E-state index contributed by atoms with van der Waals surface area (Å²) < 4.78 is 5.34. The van der Waals surface area contributed by atoms with Crippen molar-refractivity contribution in [2.45, 2.75) is 13.0 Å². The van der Waals surface area contributed by atoms with Gasteiger partial charge in [0.2, 0.25) is 0 Å². The lowest BCUT2D eigenvalue weighted by Gasteiger charge is -2.12. The topological polar surface area (TPSA) is 38.3 Å². The average Bonchev–Trinajstić information content (AvgIpc) is 2.54. The highest BCUT2D eigenvalue weighted by Gasteiger charge is 2.11. The van der Waals surface area contributed by atoms with Crippen LogP contribution in [0.5, 0.6) is 0 Å². The second-order valence-corrected chi connectivity index (χ2v) is 5.18. The Kier molecular flexibility index (Phi) is 4.99. The number of amides is 1. The van der Waals surface area contributed by atoms with Crippen molar-refractivity contribution < 1.29 is 9.53 Å². The van der Waals surface area contributed by atoms with Crippen LogP contribution in [-0.2, 0) is 4.74 Å². The lowest BCUT2D eigenvalue weighted by atomic mass is 9.99. The zero-order chi connectivity index (χ0) is 15.4. The molecule has 0 saturated heterocycles. The van der Waals surface area contributed by atoms with Crippen LogP contribution in [0.25, 0.3) is 11.1 Å². The van der Waals surface area contributed by atoms with Gasteiger partial charge < -0.3 is 10.1 Å². The molecule has 2 aromatic carbocycles. The summed E-state index contributed by atoms with van der Waals surface area (Å²) in [7, 11) is 3.27. The fraction of sp³-hybridized carbons (Fsp3) is 0.235. The maximum absolute atomic E-state index is 11.8. The molecule has 2 aromatic rings. The molecule has 0 radical (unpaired) electrons. The first-order valence-corrected chi connectivity index (χ1v) is 7.09. The fourth-order valence-electron chi connectivity index (χ4n) is 2.12. The number of halogens is 1. The highest BCUT2D eigenvalue weighted by molar-refractivity contribution is 6.34. The van der Waals surface area contributed by atoms with Crippen LogP contribution < -0.4 is 5.32 Å². The summed E-state index contributed by atoms with van der Waals surface area (Å²) in [5.41, 5.74) is 3.54. The fourth-order valence-corrected chi connectivity index (χ4v) is 2.32. The standard InChI is InChI=1S/C17H18ClNO2/c1-11(21-3)12-5-4-6-13(9-12)14-7-8-16(18)15(10-14)17(20)19-2/h4-11H,1-3H3,(H,19,20). The Labute approximate surface area is 129 Å². The van der Waals surface area contributed by atoms with Gasteiger partial charge in [-0.15, -0.1) is 0 Å². The van der Waals surface area contributed by atoms with Crippen LogP contribution in [0.2, 0.25) is 5.02 Å². The van der Waals surface area contributed by atoms with Gasteiger partial charge in [0, 0.05) is 14.2 Å². The molecule has 1 N–H and O–H groups in total. The molecule has 1 amide bonds. The second-order valence-electron chi connectivity index (χ2n) is 4.78. The predicted molar refractivity (Wildman–Crippen MR) is 85.7 cm³/mol. The van der Waals surface area contributed by atoms with Gasteiger partial charge >= 0.3 is 0 Å². The second kappa shape index (κ2) is 6.74. The molecule has 3 nitrogen and oxygen atoms in total. The first-order chi connectivity index (χ1) is 10.1. The van der Waals surface area contributed by atoms with Gasteiger partial charge in [0.1, 0.15) is 0 Å². The molecule has 0 aliphatic rings. The highest BCUT2D eigenvalue weighted by atomic mass is 35.5. The van der Waals surface area contributed by atoms with E-state index in [9.17, 15) is 4.79 Å². The van der Waals surface area contributed by atoms with Crippen LogP contribution in [0.4, 0.5) is 0 Å². The molecule has 2 rings (SSSR count). The minimum Gasteiger partial charge on any atom is -0.377 e. The zero-order valence-corrected chi connectivity index (χ0v) is 13.1. The number of rotatable bonds is 4. The van der Waals surface area contributed by atoms with E-state index in [1.807, 2.05) is 31.2 Å². The molecule has 0 aliphatic carbocycles. The van der Waals surface area contributed by atoms with Gasteiger partial charge in [-0.05, 0) is 41.8 Å². The molecule has 0 fully saturated rings.